The molecule has 0 fully saturated rings. The van der Waals surface area contributed by atoms with Crippen LogP contribution in [0.15, 0.2) is 30.5 Å². The molecule has 0 spiro atoms. The van der Waals surface area contributed by atoms with Gasteiger partial charge in [-0.05, 0) is 30.7 Å². The number of rotatable bonds is 27. The highest BCUT2D eigenvalue weighted by Gasteiger charge is 2.22. The number of nitrogen functional groups attached to an aromatic ring is 2. The molecule has 3 aromatic rings. The number of benzene rings is 1. The second-order valence-corrected chi connectivity index (χ2v) is 11.2. The highest BCUT2D eigenvalue weighted by molar-refractivity contribution is 5.97. The van der Waals surface area contributed by atoms with Gasteiger partial charge in [-0.15, -0.1) is 0 Å². The molecule has 1 aromatic carbocycles. The van der Waals surface area contributed by atoms with Crippen molar-refractivity contribution >= 4 is 46.4 Å². The third kappa shape index (κ3) is 15.6. The van der Waals surface area contributed by atoms with E-state index in [9.17, 15) is 19.5 Å². The largest absolute Gasteiger partial charge is 0.480 e. The molecule has 0 saturated carbocycles. The van der Waals surface area contributed by atoms with Crippen LogP contribution in [0, 0.1) is 0 Å². The number of anilines is 3. The van der Waals surface area contributed by atoms with Crippen molar-refractivity contribution in [2.45, 2.75) is 25.4 Å². The van der Waals surface area contributed by atoms with E-state index in [0.717, 1.165) is 5.69 Å². The molecule has 286 valence electrons. The number of nitrogens with two attached hydrogens (primary N) is 2. The number of aromatic nitrogens is 4. The Bertz CT molecular complexity index is 1530. The minimum Gasteiger partial charge on any atom is -0.480 e. The normalized spacial score (nSPS) is 11.7. The van der Waals surface area contributed by atoms with Gasteiger partial charge in [0.15, 0.2) is 17.0 Å². The lowest BCUT2D eigenvalue weighted by atomic mass is 10.1. The molecular weight excluding hydrogens is 682 g/mol. The Kier molecular flexibility index (Phi) is 18.9. The molecule has 0 aliphatic carbocycles. The molecule has 0 aliphatic heterocycles. The molecule has 0 radical (unpaired) electrons. The molecule has 1 atom stereocenters. The van der Waals surface area contributed by atoms with Crippen LogP contribution in [0.2, 0.25) is 0 Å². The van der Waals surface area contributed by atoms with Crippen molar-refractivity contribution < 1.29 is 47.9 Å². The summed E-state index contributed by atoms with van der Waals surface area (Å²) in [4.78, 5) is 55.5. The lowest BCUT2D eigenvalue weighted by molar-refractivity contribution is -0.139. The second-order valence-electron chi connectivity index (χ2n) is 11.2. The molecule has 19 heteroatoms. The first kappa shape index (κ1) is 41.6. The molecule has 0 saturated heterocycles. The van der Waals surface area contributed by atoms with Gasteiger partial charge in [-0.1, -0.05) is 0 Å². The summed E-state index contributed by atoms with van der Waals surface area (Å²) in [5, 5.41) is 14.8. The summed E-state index contributed by atoms with van der Waals surface area (Å²) in [6.45, 7) is 5.47. The summed E-state index contributed by atoms with van der Waals surface area (Å²) in [5.74, 6) is -2.04. The number of fused-ring (bicyclic) bond motifs is 1. The Balaban J connectivity index is 1.25. The number of carbonyl (C=O) groups is 3. The quantitative estimate of drug-likeness (QED) is 0.0648. The number of nitrogens with zero attached hydrogens (tertiary/aromatic N) is 5. The summed E-state index contributed by atoms with van der Waals surface area (Å²) >= 11 is 0. The number of carboxylic acid groups (broad SMARTS) is 1. The number of nitrogens with one attached hydrogen (secondary N) is 2. The predicted octanol–water partition coefficient (Wildman–Crippen LogP) is 0.0294. The molecule has 2 amide bonds. The molecule has 0 bridgehead atoms. The first-order chi connectivity index (χ1) is 25.2. The Morgan fingerprint density at radius 2 is 1.40 bits per heavy atom. The fourth-order valence-corrected chi connectivity index (χ4v) is 4.51. The van der Waals surface area contributed by atoms with Crippen molar-refractivity contribution in [3.8, 4) is 0 Å². The first-order valence-electron chi connectivity index (χ1n) is 16.7. The van der Waals surface area contributed by atoms with Gasteiger partial charge < -0.3 is 60.5 Å². The molecule has 2 heterocycles. The van der Waals surface area contributed by atoms with Crippen LogP contribution in [0.3, 0.4) is 0 Å². The maximum Gasteiger partial charge on any atom is 0.326 e. The second kappa shape index (κ2) is 23.6. The molecule has 52 heavy (non-hydrogen) atoms. The summed E-state index contributed by atoms with van der Waals surface area (Å²) < 4.78 is 31.8. The fraction of sp³-hybridized carbons (Fsp3) is 0.545. The van der Waals surface area contributed by atoms with Crippen molar-refractivity contribution in [2.75, 3.05) is 110 Å². The average Bonchev–Trinajstić information content (AvgIpc) is 3.12. The SMILES string of the molecule is COCCOCCOCCOCCOCCOCCNC(=O)CC[C@H](NC(=O)c1ccc(N(C)Cc2cnc3nc(N)nc(N)c3n2)cc1)C(=O)O. The van der Waals surface area contributed by atoms with Crippen molar-refractivity contribution in [1.29, 1.82) is 0 Å². The Labute approximate surface area is 301 Å². The number of ether oxygens (including phenoxy) is 6. The first-order valence-corrected chi connectivity index (χ1v) is 16.7. The summed E-state index contributed by atoms with van der Waals surface area (Å²) in [6, 6.07) is 5.34. The maximum absolute atomic E-state index is 12.8. The van der Waals surface area contributed by atoms with E-state index in [1.165, 1.54) is 0 Å². The lowest BCUT2D eigenvalue weighted by Gasteiger charge is -2.19. The summed E-state index contributed by atoms with van der Waals surface area (Å²) in [6.07, 6.45) is 1.38. The van der Waals surface area contributed by atoms with Crippen LogP contribution in [0.5, 0.6) is 0 Å². The third-order valence-corrected chi connectivity index (χ3v) is 7.22. The molecule has 0 unspecified atom stereocenters. The van der Waals surface area contributed by atoms with Crippen molar-refractivity contribution in [3.63, 3.8) is 0 Å². The number of amides is 2. The van der Waals surface area contributed by atoms with Gasteiger partial charge in [-0.3, -0.25) is 9.59 Å². The van der Waals surface area contributed by atoms with E-state index < -0.39 is 17.9 Å². The minimum atomic E-state index is -1.26. The van der Waals surface area contributed by atoms with Gasteiger partial charge in [0.1, 0.15) is 6.04 Å². The van der Waals surface area contributed by atoms with Crippen LogP contribution in [-0.2, 0) is 44.6 Å². The molecule has 19 nitrogen and oxygen atoms in total. The molecule has 0 aliphatic rings. The smallest absolute Gasteiger partial charge is 0.326 e. The molecular formula is C33H49N9O10. The van der Waals surface area contributed by atoms with Gasteiger partial charge in [-0.25, -0.2) is 14.8 Å². The van der Waals surface area contributed by atoms with Crippen LogP contribution in [-0.4, -0.2) is 142 Å². The van der Waals surface area contributed by atoms with Crippen LogP contribution in [0.4, 0.5) is 17.5 Å². The number of aliphatic carboxylic acids is 1. The summed E-state index contributed by atoms with van der Waals surface area (Å²) in [5.41, 5.74) is 13.8. The number of hydrogen-bond acceptors (Lipinski definition) is 16. The fourth-order valence-electron chi connectivity index (χ4n) is 4.51. The zero-order valence-electron chi connectivity index (χ0n) is 29.6. The average molecular weight is 732 g/mol. The van der Waals surface area contributed by atoms with E-state index in [2.05, 4.69) is 30.6 Å². The maximum atomic E-state index is 12.8. The van der Waals surface area contributed by atoms with Crippen LogP contribution >= 0.6 is 0 Å². The lowest BCUT2D eigenvalue weighted by Crippen LogP contribution is -2.41. The topological polar surface area (TPSA) is 258 Å². The molecule has 2 aromatic heterocycles. The van der Waals surface area contributed by atoms with E-state index in [0.29, 0.717) is 89.5 Å². The van der Waals surface area contributed by atoms with Crippen LogP contribution < -0.4 is 27.0 Å². The predicted molar refractivity (Wildman–Crippen MR) is 190 cm³/mol. The minimum absolute atomic E-state index is 0.0122. The zero-order chi connectivity index (χ0) is 37.6. The van der Waals surface area contributed by atoms with Crippen molar-refractivity contribution in [2.24, 2.45) is 0 Å². The number of methoxy groups -OCH3 is 1. The standard InChI is InChI=1S/C33H49N9O10/c1-42(22-24-21-37-30-28(38-24)29(34)40-33(35)41-30)25-5-3-23(4-6-25)31(44)39-26(32(45)46)7-8-27(43)36-9-10-48-13-14-50-17-18-52-20-19-51-16-15-49-12-11-47-2/h3-6,21,26H,7-20,22H2,1-2H3,(H,36,43)(H,39,44)(H,45,46)(H4,34,35,37,40,41)/t26-/m0/s1. The zero-order valence-corrected chi connectivity index (χ0v) is 29.6. The summed E-state index contributed by atoms with van der Waals surface area (Å²) in [7, 11) is 3.45. The molecule has 7 N–H and O–H groups in total. The van der Waals surface area contributed by atoms with E-state index in [4.69, 9.17) is 39.9 Å². The van der Waals surface area contributed by atoms with E-state index in [1.807, 2.05) is 11.9 Å². The van der Waals surface area contributed by atoms with E-state index in [-0.39, 0.29) is 49.2 Å². The highest BCUT2D eigenvalue weighted by Crippen LogP contribution is 2.19. The number of carboxylic acids is 1. The van der Waals surface area contributed by atoms with E-state index in [1.54, 1.807) is 37.6 Å². The van der Waals surface area contributed by atoms with Crippen molar-refractivity contribution in [3.05, 3.63) is 41.7 Å². The van der Waals surface area contributed by atoms with Crippen LogP contribution in [0.1, 0.15) is 28.9 Å². The van der Waals surface area contributed by atoms with E-state index >= 15 is 0 Å². The van der Waals surface area contributed by atoms with Gasteiger partial charge in [0.2, 0.25) is 11.9 Å². The number of hydrogen-bond donors (Lipinski definition) is 5. The van der Waals surface area contributed by atoms with Gasteiger partial charge in [0.25, 0.3) is 5.91 Å². The monoisotopic (exact) mass is 731 g/mol. The Hall–Kier alpha value is -4.79. The highest BCUT2D eigenvalue weighted by atomic mass is 16.6. The van der Waals surface area contributed by atoms with Gasteiger partial charge in [0, 0.05) is 38.4 Å². The Morgan fingerprint density at radius 3 is 1.98 bits per heavy atom. The number of carbonyl (C=O) groups excluding carboxylic acids is 2. The van der Waals surface area contributed by atoms with Crippen LogP contribution in [0.25, 0.3) is 11.2 Å². The third-order valence-electron chi connectivity index (χ3n) is 7.22. The van der Waals surface area contributed by atoms with Gasteiger partial charge in [-0.2, -0.15) is 9.97 Å². The van der Waals surface area contributed by atoms with Gasteiger partial charge >= 0.3 is 5.97 Å². The molecule has 3 rings (SSSR count). The van der Waals surface area contributed by atoms with Gasteiger partial charge in [0.05, 0.1) is 91.1 Å². The van der Waals surface area contributed by atoms with Crippen molar-refractivity contribution in [1.82, 2.24) is 30.6 Å². The Morgan fingerprint density at radius 1 is 0.827 bits per heavy atom.